The first-order valence-corrected chi connectivity index (χ1v) is 7.47. The highest BCUT2D eigenvalue weighted by Crippen LogP contribution is 2.35. The second-order valence-corrected chi connectivity index (χ2v) is 5.60. The maximum Gasteiger partial charge on any atom is 0.282 e. The van der Waals surface area contributed by atoms with E-state index >= 15 is 0 Å². The number of aromatic hydroxyl groups is 1. The lowest BCUT2D eigenvalue weighted by atomic mass is 10.1. The highest BCUT2D eigenvalue weighted by Gasteiger charge is 2.34. The van der Waals surface area contributed by atoms with Crippen LogP contribution >= 0.6 is 11.6 Å². The Bertz CT molecular complexity index is 896. The summed E-state index contributed by atoms with van der Waals surface area (Å²) >= 11 is 5.95. The number of nitrogens with zero attached hydrogens (tertiary/aromatic N) is 1. The Morgan fingerprint density at radius 3 is 2.56 bits per heavy atom. The minimum Gasteiger partial charge on any atom is -0.504 e. The fourth-order valence-corrected chi connectivity index (χ4v) is 2.56. The number of phenolic OH excluding ortho intramolecular Hbond substituents is 1. The van der Waals surface area contributed by atoms with Crippen LogP contribution in [-0.4, -0.2) is 24.0 Å². The summed E-state index contributed by atoms with van der Waals surface area (Å²) in [6.45, 7) is 0. The van der Waals surface area contributed by atoms with Crippen LogP contribution in [0.2, 0.25) is 5.02 Å². The zero-order valence-electron chi connectivity index (χ0n) is 12.9. The third kappa shape index (κ3) is 3.14. The molecule has 3 rings (SSSR count). The Morgan fingerprint density at radius 1 is 1.24 bits per heavy atom. The molecule has 0 atom stereocenters. The van der Waals surface area contributed by atoms with E-state index in [0.29, 0.717) is 5.69 Å². The lowest BCUT2D eigenvalue weighted by Gasteiger charge is -2.14. The van der Waals surface area contributed by atoms with Crippen molar-refractivity contribution in [3.05, 3.63) is 58.4 Å². The van der Waals surface area contributed by atoms with Crippen LogP contribution in [0.4, 0.5) is 10.1 Å². The van der Waals surface area contributed by atoms with E-state index in [-0.39, 0.29) is 27.7 Å². The number of rotatable bonds is 3. The van der Waals surface area contributed by atoms with Crippen LogP contribution in [0, 0.1) is 5.82 Å². The Labute approximate surface area is 147 Å². The van der Waals surface area contributed by atoms with Crippen molar-refractivity contribution < 1.29 is 23.8 Å². The molecule has 0 unspecified atom stereocenters. The Kier molecular flexibility index (Phi) is 4.33. The monoisotopic (exact) mass is 362 g/mol. The van der Waals surface area contributed by atoms with E-state index in [1.165, 1.54) is 49.6 Å². The van der Waals surface area contributed by atoms with Gasteiger partial charge in [-0.2, -0.15) is 0 Å². The fraction of sp³-hybridized carbons (Fsp3) is 0.0588. The van der Waals surface area contributed by atoms with Crippen LogP contribution in [0.25, 0.3) is 6.08 Å². The number of amides is 2. The van der Waals surface area contributed by atoms with Crippen LogP contribution < -0.4 is 15.2 Å². The summed E-state index contributed by atoms with van der Waals surface area (Å²) in [4.78, 5) is 24.6. The molecule has 2 aromatic rings. The molecular weight excluding hydrogens is 351 g/mol. The van der Waals surface area contributed by atoms with E-state index in [9.17, 15) is 19.1 Å². The number of benzene rings is 2. The number of anilines is 1. The number of nitrogens with one attached hydrogen (secondary N) is 1. The molecule has 1 aliphatic rings. The first-order chi connectivity index (χ1) is 11.9. The van der Waals surface area contributed by atoms with E-state index in [0.717, 1.165) is 5.01 Å². The van der Waals surface area contributed by atoms with Gasteiger partial charge in [-0.1, -0.05) is 11.6 Å². The highest BCUT2D eigenvalue weighted by atomic mass is 35.5. The molecular formula is C17H12ClFN2O4. The molecule has 0 radical (unpaired) electrons. The maximum atomic E-state index is 13.0. The van der Waals surface area contributed by atoms with E-state index in [1.54, 1.807) is 0 Å². The molecule has 0 aliphatic carbocycles. The predicted octanol–water partition coefficient (Wildman–Crippen LogP) is 2.65. The molecule has 25 heavy (non-hydrogen) atoms. The molecule has 2 amide bonds. The molecule has 8 heteroatoms. The molecule has 0 spiro atoms. The van der Waals surface area contributed by atoms with Crippen molar-refractivity contribution in [1.82, 2.24) is 5.43 Å². The number of phenols is 1. The highest BCUT2D eigenvalue weighted by molar-refractivity contribution is 6.32. The molecule has 2 aromatic carbocycles. The number of carbonyl (C=O) groups is 2. The molecule has 2 N–H and O–H groups in total. The van der Waals surface area contributed by atoms with Crippen LogP contribution in [0.1, 0.15) is 5.56 Å². The maximum absolute atomic E-state index is 13.0. The standard InChI is InChI=1S/C17H12ClFN2O4/c1-25-14-8-10(18)6-9(15(14)22)7-13-16(23)20-21(17(13)24)12-4-2-11(19)3-5-12/h2-8,22H,1H3,(H,20,23). The van der Waals surface area contributed by atoms with Gasteiger partial charge in [0.25, 0.3) is 11.8 Å². The van der Waals surface area contributed by atoms with E-state index in [2.05, 4.69) is 5.43 Å². The zero-order valence-corrected chi connectivity index (χ0v) is 13.7. The predicted molar refractivity (Wildman–Crippen MR) is 89.7 cm³/mol. The van der Waals surface area contributed by atoms with Crippen LogP contribution in [-0.2, 0) is 9.59 Å². The second-order valence-electron chi connectivity index (χ2n) is 5.16. The SMILES string of the molecule is COc1cc(Cl)cc(C=C2C(=O)NN(c3ccc(F)cc3)C2=O)c1O. The number of hydrogen-bond donors (Lipinski definition) is 2. The van der Waals surface area contributed by atoms with Gasteiger partial charge < -0.3 is 9.84 Å². The molecule has 1 fully saturated rings. The number of hydrogen-bond acceptors (Lipinski definition) is 4. The summed E-state index contributed by atoms with van der Waals surface area (Å²) in [5.74, 6) is -1.91. The van der Waals surface area contributed by atoms with Crippen molar-refractivity contribution in [2.45, 2.75) is 0 Å². The van der Waals surface area contributed by atoms with E-state index in [1.807, 2.05) is 0 Å². The lowest BCUT2D eigenvalue weighted by Crippen LogP contribution is -2.35. The number of hydrazine groups is 1. The summed E-state index contributed by atoms with van der Waals surface area (Å²) in [6, 6.07) is 7.86. The largest absolute Gasteiger partial charge is 0.504 e. The van der Waals surface area contributed by atoms with Crippen LogP contribution in [0.5, 0.6) is 11.5 Å². The lowest BCUT2D eigenvalue weighted by molar-refractivity contribution is -0.117. The average Bonchev–Trinajstić information content (AvgIpc) is 2.86. The van der Waals surface area contributed by atoms with Crippen molar-refractivity contribution in [3.8, 4) is 11.5 Å². The third-order valence-corrected chi connectivity index (χ3v) is 3.78. The molecule has 1 saturated heterocycles. The minimum atomic E-state index is -0.660. The first kappa shape index (κ1) is 16.8. The molecule has 0 bridgehead atoms. The van der Waals surface area contributed by atoms with Gasteiger partial charge in [0.15, 0.2) is 11.5 Å². The van der Waals surface area contributed by atoms with Crippen molar-refractivity contribution in [3.63, 3.8) is 0 Å². The van der Waals surface area contributed by atoms with Crippen LogP contribution in [0.3, 0.4) is 0 Å². The Hall–Kier alpha value is -3.06. The van der Waals surface area contributed by atoms with Gasteiger partial charge in [0, 0.05) is 16.7 Å². The Morgan fingerprint density at radius 2 is 1.92 bits per heavy atom. The van der Waals surface area contributed by atoms with E-state index < -0.39 is 17.6 Å². The second kappa shape index (κ2) is 6.45. The quantitative estimate of drug-likeness (QED) is 0.650. The summed E-state index contributed by atoms with van der Waals surface area (Å²) < 4.78 is 18.0. The first-order valence-electron chi connectivity index (χ1n) is 7.10. The van der Waals surface area contributed by atoms with Gasteiger partial charge >= 0.3 is 0 Å². The molecule has 1 aliphatic heterocycles. The van der Waals surface area contributed by atoms with Gasteiger partial charge in [0.2, 0.25) is 0 Å². The summed E-state index contributed by atoms with van der Waals surface area (Å²) in [7, 11) is 1.35. The van der Waals surface area contributed by atoms with Gasteiger partial charge in [0.1, 0.15) is 11.4 Å². The van der Waals surface area contributed by atoms with Crippen molar-refractivity contribution in [1.29, 1.82) is 0 Å². The zero-order chi connectivity index (χ0) is 18.1. The molecule has 128 valence electrons. The fourth-order valence-electron chi connectivity index (χ4n) is 2.34. The normalized spacial score (nSPS) is 15.6. The summed E-state index contributed by atoms with van der Waals surface area (Å²) in [5, 5.41) is 11.4. The molecule has 6 nitrogen and oxygen atoms in total. The van der Waals surface area contributed by atoms with Gasteiger partial charge in [-0.3, -0.25) is 15.0 Å². The molecule has 0 saturated carbocycles. The Balaban J connectivity index is 1.99. The van der Waals surface area contributed by atoms with Crippen LogP contribution in [0.15, 0.2) is 42.0 Å². The molecule has 1 heterocycles. The van der Waals surface area contributed by atoms with E-state index in [4.69, 9.17) is 16.3 Å². The minimum absolute atomic E-state index is 0.112. The third-order valence-electron chi connectivity index (χ3n) is 3.57. The number of carbonyl (C=O) groups excluding carboxylic acids is 2. The van der Waals surface area contributed by atoms with Gasteiger partial charge in [-0.25, -0.2) is 9.40 Å². The number of halogens is 2. The van der Waals surface area contributed by atoms with Gasteiger partial charge in [-0.05, 0) is 36.4 Å². The van der Waals surface area contributed by atoms with Crippen molar-refractivity contribution >= 4 is 35.2 Å². The number of methoxy groups -OCH3 is 1. The van der Waals surface area contributed by atoms with Crippen molar-refractivity contribution in [2.75, 3.05) is 12.1 Å². The van der Waals surface area contributed by atoms with Crippen molar-refractivity contribution in [2.24, 2.45) is 0 Å². The summed E-state index contributed by atoms with van der Waals surface area (Å²) in [5.41, 5.74) is 2.63. The number of ether oxygens (including phenoxy) is 1. The molecule has 0 aromatic heterocycles. The van der Waals surface area contributed by atoms with Gasteiger partial charge in [0.05, 0.1) is 12.8 Å². The topological polar surface area (TPSA) is 78.9 Å². The van der Waals surface area contributed by atoms with Gasteiger partial charge in [-0.15, -0.1) is 0 Å². The average molecular weight is 363 g/mol. The summed E-state index contributed by atoms with van der Waals surface area (Å²) in [6.07, 6.45) is 1.21. The smallest absolute Gasteiger partial charge is 0.282 e.